The lowest BCUT2D eigenvalue weighted by Crippen LogP contribution is -2.30. The van der Waals surface area contributed by atoms with Crippen molar-refractivity contribution in [2.45, 2.75) is 316 Å². The van der Waals surface area contributed by atoms with Crippen LogP contribution < -0.4 is 0 Å². The molecule has 0 saturated heterocycles. The van der Waals surface area contributed by atoms with Crippen LogP contribution in [0.2, 0.25) is 0 Å². The van der Waals surface area contributed by atoms with Gasteiger partial charge < -0.3 is 33.8 Å². The molecule has 0 aliphatic heterocycles. The first-order valence-corrected chi connectivity index (χ1v) is 40.8. The maximum absolute atomic E-state index is 13.1. The minimum Gasteiger partial charge on any atom is -0.462 e. The zero-order valence-electron chi connectivity index (χ0n) is 61.2. The van der Waals surface area contributed by atoms with E-state index in [9.17, 15) is 43.2 Å². The van der Waals surface area contributed by atoms with Crippen molar-refractivity contribution in [3.63, 3.8) is 0 Å². The van der Waals surface area contributed by atoms with Gasteiger partial charge in [-0.1, -0.05) is 271 Å². The van der Waals surface area contributed by atoms with Gasteiger partial charge in [-0.25, -0.2) is 9.13 Å². The lowest BCUT2D eigenvalue weighted by molar-refractivity contribution is -0.161. The summed E-state index contributed by atoms with van der Waals surface area (Å²) in [6.07, 6.45) is 76.4. The normalized spacial score (nSPS) is 14.6. The summed E-state index contributed by atoms with van der Waals surface area (Å²) < 4.78 is 68.3. The summed E-state index contributed by atoms with van der Waals surface area (Å²) >= 11 is 0. The predicted octanol–water partition coefficient (Wildman–Crippen LogP) is 21.6. The Balaban J connectivity index is 5.33. The van der Waals surface area contributed by atoms with Crippen LogP contribution in [0.1, 0.15) is 297 Å². The van der Waals surface area contributed by atoms with E-state index in [1.807, 2.05) is 12.2 Å². The molecule has 0 aliphatic carbocycles. The molecule has 0 saturated carbocycles. The van der Waals surface area contributed by atoms with Crippen molar-refractivity contribution in [1.82, 2.24) is 0 Å². The molecule has 0 bridgehead atoms. The Morgan fingerprint density at radius 2 is 0.551 bits per heavy atom. The predicted molar refractivity (Wildman–Crippen MR) is 399 cm³/mol. The number of aliphatic hydroxyl groups excluding tert-OH is 1. The summed E-state index contributed by atoms with van der Waals surface area (Å²) in [5.74, 6) is -2.26. The van der Waals surface area contributed by atoms with Gasteiger partial charge in [0.05, 0.1) is 26.4 Å². The van der Waals surface area contributed by atoms with Gasteiger partial charge in [-0.2, -0.15) is 0 Å². The van der Waals surface area contributed by atoms with Crippen LogP contribution in [-0.2, 0) is 65.4 Å². The average Bonchev–Trinajstić information content (AvgIpc) is 0.983. The highest BCUT2D eigenvalue weighted by Crippen LogP contribution is 2.45. The fourth-order valence-corrected chi connectivity index (χ4v) is 11.3. The van der Waals surface area contributed by atoms with Crippen LogP contribution in [0.5, 0.6) is 0 Å². The van der Waals surface area contributed by atoms with Crippen LogP contribution in [0.4, 0.5) is 0 Å². The van der Waals surface area contributed by atoms with E-state index in [1.165, 1.54) is 51.4 Å². The molecule has 17 nitrogen and oxygen atoms in total. The smallest absolute Gasteiger partial charge is 0.462 e. The molecule has 0 radical (unpaired) electrons. The monoisotopic (exact) mass is 1420 g/mol. The van der Waals surface area contributed by atoms with E-state index in [-0.39, 0.29) is 25.7 Å². The minimum atomic E-state index is -4.98. The van der Waals surface area contributed by atoms with Gasteiger partial charge in [0.15, 0.2) is 12.2 Å². The molecule has 0 aromatic rings. The van der Waals surface area contributed by atoms with Crippen LogP contribution in [0, 0.1) is 0 Å². The van der Waals surface area contributed by atoms with Gasteiger partial charge in [0.1, 0.15) is 19.3 Å². The summed E-state index contributed by atoms with van der Waals surface area (Å²) in [5, 5.41) is 10.6. The number of rotatable bonds is 70. The lowest BCUT2D eigenvalue weighted by Gasteiger charge is -2.21. The highest BCUT2D eigenvalue weighted by molar-refractivity contribution is 7.47. The second kappa shape index (κ2) is 70.9. The molecule has 0 rings (SSSR count). The Morgan fingerprint density at radius 3 is 0.898 bits per heavy atom. The van der Waals surface area contributed by atoms with E-state index in [2.05, 4.69) is 137 Å². The number of phosphoric ester groups is 2. The molecular formula is C79H134O17P2. The maximum Gasteiger partial charge on any atom is 0.472 e. The van der Waals surface area contributed by atoms with Gasteiger partial charge in [0.2, 0.25) is 0 Å². The Kier molecular flexibility index (Phi) is 67.6. The quantitative estimate of drug-likeness (QED) is 0.0169. The zero-order valence-corrected chi connectivity index (χ0v) is 63.0. The molecule has 562 valence electrons. The molecule has 5 unspecified atom stereocenters. The second-order valence-electron chi connectivity index (χ2n) is 24.8. The molecule has 5 atom stereocenters. The van der Waals surface area contributed by atoms with Crippen LogP contribution in [0.3, 0.4) is 0 Å². The number of unbranched alkanes of at least 4 members (excludes halogenated alkanes) is 24. The van der Waals surface area contributed by atoms with Crippen molar-refractivity contribution in [3.05, 3.63) is 122 Å². The molecule has 0 heterocycles. The first-order chi connectivity index (χ1) is 47.7. The number of esters is 4. The second-order valence-corrected chi connectivity index (χ2v) is 27.7. The van der Waals surface area contributed by atoms with Gasteiger partial charge in [-0.3, -0.25) is 37.3 Å². The highest BCUT2D eigenvalue weighted by Gasteiger charge is 2.30. The van der Waals surface area contributed by atoms with E-state index in [4.69, 9.17) is 37.0 Å². The zero-order chi connectivity index (χ0) is 71.8. The molecule has 0 aliphatic rings. The molecule has 3 N–H and O–H groups in total. The van der Waals surface area contributed by atoms with Gasteiger partial charge in [-0.05, 0) is 122 Å². The van der Waals surface area contributed by atoms with Crippen molar-refractivity contribution in [2.75, 3.05) is 39.6 Å². The molecular weight excluding hydrogens is 1280 g/mol. The summed E-state index contributed by atoms with van der Waals surface area (Å²) in [5.41, 5.74) is 0. The van der Waals surface area contributed by atoms with Crippen molar-refractivity contribution in [2.24, 2.45) is 0 Å². The Bertz CT molecular complexity index is 2340. The van der Waals surface area contributed by atoms with Gasteiger partial charge >= 0.3 is 39.5 Å². The van der Waals surface area contributed by atoms with E-state index >= 15 is 0 Å². The number of ether oxygens (including phenoxy) is 4. The highest BCUT2D eigenvalue weighted by atomic mass is 31.2. The van der Waals surface area contributed by atoms with Crippen molar-refractivity contribution < 1.29 is 80.2 Å². The molecule has 19 heteroatoms. The first kappa shape index (κ1) is 93.5. The van der Waals surface area contributed by atoms with Crippen LogP contribution in [0.15, 0.2) is 122 Å². The van der Waals surface area contributed by atoms with Crippen LogP contribution >= 0.6 is 15.6 Å². The number of phosphoric acid groups is 2. The largest absolute Gasteiger partial charge is 0.472 e. The lowest BCUT2D eigenvalue weighted by atomic mass is 10.1. The molecule has 0 spiro atoms. The minimum absolute atomic E-state index is 0.0783. The number of hydrogen-bond donors (Lipinski definition) is 3. The fraction of sp³-hybridized carbons (Fsp3) is 0.696. The number of carbonyl (C=O) groups excluding carboxylic acids is 4. The number of hydrogen-bond acceptors (Lipinski definition) is 15. The molecule has 0 aromatic carbocycles. The topological polar surface area (TPSA) is 237 Å². The summed E-state index contributed by atoms with van der Waals surface area (Å²) in [6.45, 7) is 4.51. The fourth-order valence-electron chi connectivity index (χ4n) is 9.70. The standard InChI is InChI=1S/C79H134O17P2/c1-5-9-13-17-21-25-29-31-33-35-36-38-40-42-46-48-52-56-60-64-77(82)90-70-75(96-79(84)66-62-58-54-50-44-28-24-20-16-12-8-4)72-94-98(87,88)92-68-73(80)67-91-97(85,86)93-71-74(95-78(83)65-61-57-53-49-43-27-23-19-15-11-7-3)69-89-76(81)63-59-55-51-47-45-41-39-37-34-32-30-26-22-18-14-10-6-2/h9-10,13-14,20-22,24-26,31-34,36,38-39,41,47,51,73-75,80H,5-8,11-12,15-19,23,27-30,35,37,40,42-46,48-50,52-72H2,1-4H3,(H,85,86)(H,87,88)/b13-9-,14-10-,24-20-,25-21-,26-22-,33-31-,34-32-,38-36-,41-39-,51-47-. The molecule has 98 heavy (non-hydrogen) atoms. The Hall–Kier alpha value is -4.54. The van der Waals surface area contributed by atoms with E-state index in [1.54, 1.807) is 0 Å². The van der Waals surface area contributed by atoms with Crippen molar-refractivity contribution >= 4 is 39.5 Å². The first-order valence-electron chi connectivity index (χ1n) is 37.8. The number of aliphatic hydroxyl groups is 1. The Labute approximate surface area is 593 Å². The van der Waals surface area contributed by atoms with Crippen molar-refractivity contribution in [3.8, 4) is 0 Å². The Morgan fingerprint density at radius 1 is 0.296 bits per heavy atom. The molecule has 0 fully saturated rings. The van der Waals surface area contributed by atoms with Gasteiger partial charge in [-0.15, -0.1) is 0 Å². The van der Waals surface area contributed by atoms with Crippen LogP contribution in [-0.4, -0.2) is 96.7 Å². The third-order valence-electron chi connectivity index (χ3n) is 15.4. The van der Waals surface area contributed by atoms with Gasteiger partial charge in [0, 0.05) is 25.7 Å². The molecule has 0 aromatic heterocycles. The maximum atomic E-state index is 13.1. The number of carbonyl (C=O) groups is 4. The van der Waals surface area contributed by atoms with Gasteiger partial charge in [0.25, 0.3) is 0 Å². The summed E-state index contributed by atoms with van der Waals surface area (Å²) in [6, 6.07) is 0. The van der Waals surface area contributed by atoms with Crippen LogP contribution in [0.25, 0.3) is 0 Å². The van der Waals surface area contributed by atoms with E-state index in [0.717, 1.165) is 161 Å². The third kappa shape index (κ3) is 69.9. The number of allylic oxidation sites excluding steroid dienone is 20. The van der Waals surface area contributed by atoms with Crippen molar-refractivity contribution in [1.29, 1.82) is 0 Å². The average molecular weight is 1420 g/mol. The third-order valence-corrected chi connectivity index (χ3v) is 17.3. The van der Waals surface area contributed by atoms with E-state index < -0.39 is 97.5 Å². The SMILES string of the molecule is CC/C=C\C/C=C\C/C=C\C/C=C\C/C=C\CCCC(=O)OCC(COP(=O)(O)OCC(O)COP(=O)(O)OCC(COC(=O)CCCCCCCC/C=C\C/C=C\C/C=C\C/C=C\CC)OC(=O)CCCCCCC/C=C\CCCC)OC(=O)CCCCCCCCCCCCC. The van der Waals surface area contributed by atoms with E-state index in [0.29, 0.717) is 32.1 Å². The summed E-state index contributed by atoms with van der Waals surface area (Å²) in [7, 11) is -9.96. The molecule has 0 amide bonds. The summed E-state index contributed by atoms with van der Waals surface area (Å²) in [4.78, 5) is 72.7.